The molecule has 0 aromatic carbocycles. The Kier molecular flexibility index (Phi) is 6.75. The van der Waals surface area contributed by atoms with Gasteiger partial charge in [-0.3, -0.25) is 0 Å². The molecule has 1 heterocycles. The Morgan fingerprint density at radius 3 is 2.50 bits per heavy atom. The van der Waals surface area contributed by atoms with Crippen molar-refractivity contribution < 1.29 is 4.74 Å². The quantitative estimate of drug-likeness (QED) is 0.528. The average Bonchev–Trinajstić information content (AvgIpc) is 2.84. The van der Waals surface area contributed by atoms with Gasteiger partial charge in [-0.25, -0.2) is 0 Å². The summed E-state index contributed by atoms with van der Waals surface area (Å²) in [5.74, 6) is 0. The molecule has 1 unspecified atom stereocenters. The fourth-order valence-corrected chi connectivity index (χ4v) is 1.48. The molecule has 0 aliphatic carbocycles. The number of nitrogens with one attached hydrogen (secondary N) is 1. The molecule has 0 spiro atoms. The van der Waals surface area contributed by atoms with E-state index in [-0.39, 0.29) is 12.4 Å². The molecule has 1 aliphatic rings. The lowest BCUT2D eigenvalue weighted by Gasteiger charge is -2.26. The van der Waals surface area contributed by atoms with E-state index in [1.54, 1.807) is 0 Å². The summed E-state index contributed by atoms with van der Waals surface area (Å²) in [4.78, 5) is 0. The van der Waals surface area contributed by atoms with E-state index in [4.69, 9.17) is 4.74 Å². The van der Waals surface area contributed by atoms with Gasteiger partial charge in [0.1, 0.15) is 0 Å². The summed E-state index contributed by atoms with van der Waals surface area (Å²) in [7, 11) is 0. The van der Waals surface area contributed by atoms with E-state index in [1.807, 2.05) is 0 Å². The summed E-state index contributed by atoms with van der Waals surface area (Å²) >= 11 is 0. The zero-order chi connectivity index (χ0) is 9.73. The molecule has 0 radical (unpaired) electrons. The van der Waals surface area contributed by atoms with Crippen molar-refractivity contribution in [2.45, 2.75) is 58.1 Å². The van der Waals surface area contributed by atoms with Crippen LogP contribution in [0.1, 0.15) is 46.5 Å². The summed E-state index contributed by atoms with van der Waals surface area (Å²) in [6.45, 7) is 8.80. The third-order valence-corrected chi connectivity index (χ3v) is 2.62. The first-order chi connectivity index (χ1) is 6.14. The first-order valence-corrected chi connectivity index (χ1v) is 5.51. The number of hydrogen-bond acceptors (Lipinski definition) is 2. The van der Waals surface area contributed by atoms with E-state index >= 15 is 0 Å². The van der Waals surface area contributed by atoms with Crippen LogP contribution in [-0.4, -0.2) is 24.8 Å². The molecule has 2 nitrogen and oxygen atoms in total. The van der Waals surface area contributed by atoms with Crippen LogP contribution in [0.15, 0.2) is 0 Å². The van der Waals surface area contributed by atoms with Crippen molar-refractivity contribution >= 4 is 12.4 Å². The van der Waals surface area contributed by atoms with E-state index in [0.29, 0.717) is 11.6 Å². The van der Waals surface area contributed by atoms with E-state index in [9.17, 15) is 0 Å². The van der Waals surface area contributed by atoms with Crippen LogP contribution in [0, 0.1) is 0 Å². The van der Waals surface area contributed by atoms with Crippen molar-refractivity contribution in [2.24, 2.45) is 0 Å². The Morgan fingerprint density at radius 1 is 1.36 bits per heavy atom. The summed E-state index contributed by atoms with van der Waals surface area (Å²) in [6.07, 6.45) is 5.77. The normalized spacial score (nSPS) is 20.4. The Morgan fingerprint density at radius 2 is 2.00 bits per heavy atom. The van der Waals surface area contributed by atoms with Gasteiger partial charge in [0.25, 0.3) is 0 Å². The third-order valence-electron chi connectivity index (χ3n) is 2.62. The molecule has 1 rings (SSSR count). The van der Waals surface area contributed by atoms with Crippen molar-refractivity contribution in [3.63, 3.8) is 0 Å². The van der Waals surface area contributed by atoms with Crippen molar-refractivity contribution in [1.29, 1.82) is 0 Å². The van der Waals surface area contributed by atoms with Crippen molar-refractivity contribution in [2.75, 3.05) is 13.2 Å². The molecule has 0 saturated carbocycles. The minimum Gasteiger partial charge on any atom is -0.372 e. The van der Waals surface area contributed by atoms with Crippen LogP contribution in [0.4, 0.5) is 0 Å². The maximum absolute atomic E-state index is 5.17. The third kappa shape index (κ3) is 6.63. The van der Waals surface area contributed by atoms with Gasteiger partial charge >= 0.3 is 0 Å². The fraction of sp³-hybridized carbons (Fsp3) is 1.00. The lowest BCUT2D eigenvalue weighted by Crippen LogP contribution is -2.41. The number of hydrogen-bond donors (Lipinski definition) is 1. The second kappa shape index (κ2) is 6.65. The molecule has 86 valence electrons. The Labute approximate surface area is 94.2 Å². The van der Waals surface area contributed by atoms with Gasteiger partial charge in [-0.2, -0.15) is 0 Å². The highest BCUT2D eigenvalue weighted by atomic mass is 35.5. The number of unbranched alkanes of at least 4 members (excludes halogenated alkanes) is 2. The maximum Gasteiger partial charge on any atom is 0.0934 e. The smallest absolute Gasteiger partial charge is 0.0934 e. The minimum absolute atomic E-state index is 0. The predicted octanol–water partition coefficient (Wildman–Crippen LogP) is 2.76. The molecular weight excluding hydrogens is 198 g/mol. The van der Waals surface area contributed by atoms with Gasteiger partial charge in [-0.1, -0.05) is 26.2 Å². The summed E-state index contributed by atoms with van der Waals surface area (Å²) in [6, 6.07) is 0. The minimum atomic E-state index is 0. The average molecular weight is 222 g/mol. The van der Waals surface area contributed by atoms with Crippen molar-refractivity contribution in [3.05, 3.63) is 0 Å². The van der Waals surface area contributed by atoms with E-state index < -0.39 is 0 Å². The number of ether oxygens (including phenoxy) is 1. The number of rotatable bonds is 7. The SMILES string of the molecule is CCCCCC(C)(C)NCC1CO1.Cl. The molecule has 1 fully saturated rings. The lowest BCUT2D eigenvalue weighted by atomic mass is 9.96. The maximum atomic E-state index is 5.17. The number of epoxide rings is 1. The van der Waals surface area contributed by atoms with Gasteiger partial charge in [-0.15, -0.1) is 12.4 Å². The lowest BCUT2D eigenvalue weighted by molar-refractivity contribution is 0.318. The van der Waals surface area contributed by atoms with Gasteiger partial charge in [0, 0.05) is 12.1 Å². The zero-order valence-corrected chi connectivity index (χ0v) is 10.5. The molecule has 0 aromatic heterocycles. The Bertz CT molecular complexity index is 146. The predicted molar refractivity (Wildman–Crippen MR) is 63.2 cm³/mol. The van der Waals surface area contributed by atoms with Crippen LogP contribution < -0.4 is 5.32 Å². The van der Waals surface area contributed by atoms with Crippen LogP contribution in [0.5, 0.6) is 0 Å². The monoisotopic (exact) mass is 221 g/mol. The molecule has 14 heavy (non-hydrogen) atoms. The molecule has 3 heteroatoms. The topological polar surface area (TPSA) is 24.6 Å². The molecule has 1 aliphatic heterocycles. The zero-order valence-electron chi connectivity index (χ0n) is 9.64. The molecule has 1 atom stereocenters. The summed E-state index contributed by atoms with van der Waals surface area (Å²) in [5, 5.41) is 3.55. The second-order valence-electron chi connectivity index (χ2n) is 4.68. The molecule has 1 saturated heterocycles. The standard InChI is InChI=1S/C11H23NO.ClH/c1-4-5-6-7-11(2,3)12-8-10-9-13-10;/h10,12H,4-9H2,1-3H3;1H. The van der Waals surface area contributed by atoms with Crippen LogP contribution in [0.2, 0.25) is 0 Å². The molecule has 0 amide bonds. The van der Waals surface area contributed by atoms with Gasteiger partial charge in [0.05, 0.1) is 12.7 Å². The van der Waals surface area contributed by atoms with Crippen LogP contribution in [-0.2, 0) is 4.74 Å². The molecule has 0 aromatic rings. The van der Waals surface area contributed by atoms with E-state index in [0.717, 1.165) is 13.2 Å². The van der Waals surface area contributed by atoms with Crippen molar-refractivity contribution in [1.82, 2.24) is 5.32 Å². The highest BCUT2D eigenvalue weighted by molar-refractivity contribution is 5.85. The first kappa shape index (κ1) is 14.2. The van der Waals surface area contributed by atoms with Gasteiger partial charge in [0.15, 0.2) is 0 Å². The van der Waals surface area contributed by atoms with E-state index in [2.05, 4.69) is 26.1 Å². The Hall–Kier alpha value is 0.210. The molecule has 1 N–H and O–H groups in total. The van der Waals surface area contributed by atoms with E-state index in [1.165, 1.54) is 25.7 Å². The molecular formula is C11H24ClNO. The van der Waals surface area contributed by atoms with Gasteiger partial charge < -0.3 is 10.1 Å². The largest absolute Gasteiger partial charge is 0.372 e. The van der Waals surface area contributed by atoms with Crippen LogP contribution in [0.25, 0.3) is 0 Å². The summed E-state index contributed by atoms with van der Waals surface area (Å²) in [5.41, 5.74) is 0.293. The van der Waals surface area contributed by atoms with Crippen LogP contribution >= 0.6 is 12.4 Å². The number of halogens is 1. The van der Waals surface area contributed by atoms with Crippen LogP contribution in [0.3, 0.4) is 0 Å². The van der Waals surface area contributed by atoms with Gasteiger partial charge in [0.2, 0.25) is 0 Å². The van der Waals surface area contributed by atoms with Crippen molar-refractivity contribution in [3.8, 4) is 0 Å². The first-order valence-electron chi connectivity index (χ1n) is 5.51. The Balaban J connectivity index is 0.00000169. The molecule has 0 bridgehead atoms. The second-order valence-corrected chi connectivity index (χ2v) is 4.68. The summed E-state index contributed by atoms with van der Waals surface area (Å²) < 4.78 is 5.17. The highest BCUT2D eigenvalue weighted by Crippen LogP contribution is 2.15. The highest BCUT2D eigenvalue weighted by Gasteiger charge is 2.25. The fourth-order valence-electron chi connectivity index (χ4n) is 1.48. The van der Waals surface area contributed by atoms with Gasteiger partial charge in [-0.05, 0) is 20.3 Å².